The molecule has 7 N–H and O–H groups in total. The van der Waals surface area contributed by atoms with Gasteiger partial charge < -0.3 is 64.2 Å². The van der Waals surface area contributed by atoms with E-state index in [0.29, 0.717) is 13.0 Å². The van der Waals surface area contributed by atoms with E-state index in [9.17, 15) is 40.5 Å². The summed E-state index contributed by atoms with van der Waals surface area (Å²) in [5, 5.41) is 72.2. The van der Waals surface area contributed by atoms with Gasteiger partial charge in [0.15, 0.2) is 12.6 Å². The van der Waals surface area contributed by atoms with E-state index in [-0.39, 0.29) is 25.6 Å². The first kappa shape index (κ1) is 61.8. The van der Waals surface area contributed by atoms with E-state index in [1.165, 1.54) is 64.2 Å². The molecule has 0 amide bonds. The number of aliphatic hydroxyl groups is 7. The molecule has 0 aromatic carbocycles. The van der Waals surface area contributed by atoms with Crippen LogP contribution >= 0.6 is 0 Å². The molecule has 68 heavy (non-hydrogen) atoms. The molecule has 2 rings (SSSR count). The Kier molecular flexibility index (Phi) is 37.6. The fraction of sp³-hybridized carbons (Fsp3) is 0.796. The molecule has 11 unspecified atom stereocenters. The molecule has 14 heteroatoms. The average molecular weight is 967 g/mol. The van der Waals surface area contributed by atoms with Crippen LogP contribution in [0.4, 0.5) is 0 Å². The summed E-state index contributed by atoms with van der Waals surface area (Å²) in [6.07, 6.45) is 32.8. The monoisotopic (exact) mass is 967 g/mol. The van der Waals surface area contributed by atoms with E-state index >= 15 is 0 Å². The number of hydrogen-bond acceptors (Lipinski definition) is 14. The topological polar surface area (TPSA) is 214 Å². The number of unbranched alkanes of at least 4 members (excludes halogenated alkanes) is 17. The standard InChI is InChI=1S/C54H94O14/c1-3-5-7-9-11-13-15-17-19-20-21-22-23-24-26-28-30-32-34-36-38-63-40-43(66-46(56)37-35-33-31-29-27-25-18-16-14-12-10-8-6-4-2)41-64-53-52(62)50(60)48(58)45(68-53)42-65-54-51(61)49(59)47(57)44(39-55)67-54/h5,7,11,13,17,19,21-22,24,26,43-45,47-55,57-62H,3-4,6,8-10,12,14-16,18,20,23,25,27-42H2,1-2H3/b7-5-,13-11-,19-17-,22-21-,26-24-. The normalized spacial score (nSPS) is 26.4. The number of rotatable bonds is 41. The van der Waals surface area contributed by atoms with Gasteiger partial charge in [-0.2, -0.15) is 0 Å². The molecule has 0 aromatic heterocycles. The number of carbonyl (C=O) groups is 1. The molecule has 2 aliphatic heterocycles. The Morgan fingerprint density at radius 3 is 1.50 bits per heavy atom. The zero-order valence-corrected chi connectivity index (χ0v) is 41.8. The maximum absolute atomic E-state index is 13.0. The Hall–Kier alpha value is -2.31. The van der Waals surface area contributed by atoms with Gasteiger partial charge >= 0.3 is 5.97 Å². The SMILES string of the molecule is CC/C=C\C/C=C\C/C=C\C/C=C\C/C=C\CCCCCCOCC(COC1OC(COC2OC(CO)C(O)C(O)C2O)C(O)C(O)C1O)OC(=O)CCCCCCCCCCCCCCCC. The number of aliphatic hydroxyl groups excluding tert-OH is 7. The third kappa shape index (κ3) is 28.5. The molecule has 2 aliphatic rings. The van der Waals surface area contributed by atoms with Gasteiger partial charge in [0.2, 0.25) is 0 Å². The Morgan fingerprint density at radius 1 is 0.500 bits per heavy atom. The Labute approximate surface area is 409 Å². The van der Waals surface area contributed by atoms with Crippen LogP contribution in [0.1, 0.15) is 174 Å². The molecule has 0 aromatic rings. The van der Waals surface area contributed by atoms with Crippen molar-refractivity contribution in [1.82, 2.24) is 0 Å². The minimum Gasteiger partial charge on any atom is -0.457 e. The minimum atomic E-state index is -1.71. The first-order chi connectivity index (χ1) is 33.1. The molecule has 2 fully saturated rings. The van der Waals surface area contributed by atoms with Gasteiger partial charge in [-0.15, -0.1) is 0 Å². The second kappa shape index (κ2) is 41.3. The van der Waals surface area contributed by atoms with Gasteiger partial charge in [-0.05, 0) is 57.8 Å². The van der Waals surface area contributed by atoms with Crippen molar-refractivity contribution >= 4 is 5.97 Å². The van der Waals surface area contributed by atoms with Crippen LogP contribution in [0.25, 0.3) is 0 Å². The summed E-state index contributed by atoms with van der Waals surface area (Å²) in [6, 6.07) is 0. The van der Waals surface area contributed by atoms with Crippen LogP contribution in [0.3, 0.4) is 0 Å². The lowest BCUT2D eigenvalue weighted by molar-refractivity contribution is -0.332. The van der Waals surface area contributed by atoms with Crippen LogP contribution in [-0.4, -0.2) is 142 Å². The Bertz CT molecular complexity index is 1350. The van der Waals surface area contributed by atoms with Gasteiger partial charge in [0.05, 0.1) is 26.4 Å². The summed E-state index contributed by atoms with van der Waals surface area (Å²) in [5.41, 5.74) is 0. The van der Waals surface area contributed by atoms with E-state index in [1.54, 1.807) is 0 Å². The predicted octanol–water partition coefficient (Wildman–Crippen LogP) is 8.13. The van der Waals surface area contributed by atoms with E-state index in [2.05, 4.69) is 74.6 Å². The zero-order chi connectivity index (χ0) is 49.5. The third-order valence-corrected chi connectivity index (χ3v) is 12.3. The van der Waals surface area contributed by atoms with Gasteiger partial charge in [-0.25, -0.2) is 0 Å². The molecule has 14 nitrogen and oxygen atoms in total. The zero-order valence-electron chi connectivity index (χ0n) is 41.8. The van der Waals surface area contributed by atoms with Crippen molar-refractivity contribution < 1.29 is 69.0 Å². The first-order valence-corrected chi connectivity index (χ1v) is 26.4. The average Bonchev–Trinajstić information content (AvgIpc) is 3.33. The van der Waals surface area contributed by atoms with Crippen molar-refractivity contribution in [3.05, 3.63) is 60.8 Å². The molecule has 394 valence electrons. The maximum Gasteiger partial charge on any atom is 0.306 e. The van der Waals surface area contributed by atoms with Crippen LogP contribution in [0.15, 0.2) is 60.8 Å². The smallest absolute Gasteiger partial charge is 0.306 e. The number of allylic oxidation sites excluding steroid dienone is 10. The maximum atomic E-state index is 13.0. The number of carbonyl (C=O) groups excluding carboxylic acids is 1. The summed E-state index contributed by atoms with van der Waals surface area (Å²) in [7, 11) is 0. The minimum absolute atomic E-state index is 0.0438. The fourth-order valence-electron chi connectivity index (χ4n) is 8.02. The summed E-state index contributed by atoms with van der Waals surface area (Å²) < 4.78 is 34.3. The quantitative estimate of drug-likeness (QED) is 0.0175. The van der Waals surface area contributed by atoms with Crippen molar-refractivity contribution in [1.29, 1.82) is 0 Å². The third-order valence-electron chi connectivity index (χ3n) is 12.3. The van der Waals surface area contributed by atoms with E-state index in [4.69, 9.17) is 28.4 Å². The molecule has 0 bridgehead atoms. The molecule has 2 heterocycles. The first-order valence-electron chi connectivity index (χ1n) is 26.4. The molecule has 0 aliphatic carbocycles. The highest BCUT2D eigenvalue weighted by Crippen LogP contribution is 2.26. The van der Waals surface area contributed by atoms with Crippen molar-refractivity contribution in [3.63, 3.8) is 0 Å². The second-order valence-electron chi connectivity index (χ2n) is 18.3. The van der Waals surface area contributed by atoms with Crippen molar-refractivity contribution in [2.45, 2.75) is 242 Å². The van der Waals surface area contributed by atoms with E-state index in [1.807, 2.05) is 0 Å². The van der Waals surface area contributed by atoms with Crippen molar-refractivity contribution in [2.75, 3.05) is 33.0 Å². The second-order valence-corrected chi connectivity index (χ2v) is 18.3. The highest BCUT2D eigenvalue weighted by atomic mass is 16.7. The van der Waals surface area contributed by atoms with Gasteiger partial charge in [-0.1, -0.05) is 171 Å². The van der Waals surface area contributed by atoms with Crippen molar-refractivity contribution in [3.8, 4) is 0 Å². The summed E-state index contributed by atoms with van der Waals surface area (Å²) in [5.74, 6) is -0.387. The molecule has 0 spiro atoms. The van der Waals surface area contributed by atoms with Crippen LogP contribution in [0, 0.1) is 0 Å². The number of ether oxygens (including phenoxy) is 6. The van der Waals surface area contributed by atoms with E-state index in [0.717, 1.165) is 83.5 Å². The molecule has 0 saturated carbocycles. The lowest BCUT2D eigenvalue weighted by Gasteiger charge is -2.42. The van der Waals surface area contributed by atoms with Crippen LogP contribution in [0.2, 0.25) is 0 Å². The summed E-state index contributed by atoms with van der Waals surface area (Å²) in [6.45, 7) is 3.51. The van der Waals surface area contributed by atoms with Crippen LogP contribution in [0.5, 0.6) is 0 Å². The largest absolute Gasteiger partial charge is 0.457 e. The predicted molar refractivity (Wildman–Crippen MR) is 266 cm³/mol. The Morgan fingerprint density at radius 2 is 0.956 bits per heavy atom. The highest BCUT2D eigenvalue weighted by molar-refractivity contribution is 5.69. The molecule has 2 saturated heterocycles. The number of hydrogen-bond donors (Lipinski definition) is 7. The molecule has 0 radical (unpaired) electrons. The molecular formula is C54H94O14. The fourth-order valence-corrected chi connectivity index (χ4v) is 8.02. The van der Waals surface area contributed by atoms with Crippen LogP contribution in [-0.2, 0) is 33.2 Å². The van der Waals surface area contributed by atoms with E-state index < -0.39 is 80.7 Å². The van der Waals surface area contributed by atoms with Gasteiger partial charge in [0, 0.05) is 13.0 Å². The van der Waals surface area contributed by atoms with Crippen molar-refractivity contribution in [2.24, 2.45) is 0 Å². The summed E-state index contributed by atoms with van der Waals surface area (Å²) in [4.78, 5) is 13.0. The Balaban J connectivity index is 1.77. The molecular weight excluding hydrogens is 873 g/mol. The van der Waals surface area contributed by atoms with Gasteiger partial charge in [0.1, 0.15) is 54.9 Å². The lowest BCUT2D eigenvalue weighted by atomic mass is 9.98. The highest BCUT2D eigenvalue weighted by Gasteiger charge is 2.47. The lowest BCUT2D eigenvalue weighted by Crippen LogP contribution is -2.61. The van der Waals surface area contributed by atoms with Crippen LogP contribution < -0.4 is 0 Å². The summed E-state index contributed by atoms with van der Waals surface area (Å²) >= 11 is 0. The van der Waals surface area contributed by atoms with Gasteiger partial charge in [0.25, 0.3) is 0 Å². The number of esters is 1. The molecule has 11 atom stereocenters. The van der Waals surface area contributed by atoms with Gasteiger partial charge in [-0.3, -0.25) is 4.79 Å².